The van der Waals surface area contributed by atoms with Crippen LogP contribution >= 0.6 is 24.0 Å². The molecular formula is C18H26IN3O3. The average molecular weight is 459 g/mol. The van der Waals surface area contributed by atoms with Crippen LogP contribution in [0.15, 0.2) is 52.1 Å². The van der Waals surface area contributed by atoms with Crippen molar-refractivity contribution in [2.75, 3.05) is 20.2 Å². The Hall–Kier alpha value is -1.74. The molecule has 1 atom stereocenters. The van der Waals surface area contributed by atoms with Crippen molar-refractivity contribution < 1.29 is 14.3 Å². The van der Waals surface area contributed by atoms with Crippen LogP contribution in [0.4, 0.5) is 0 Å². The third-order valence-corrected chi connectivity index (χ3v) is 3.55. The van der Waals surface area contributed by atoms with E-state index >= 15 is 0 Å². The molecule has 6 nitrogen and oxygen atoms in total. The van der Waals surface area contributed by atoms with Gasteiger partial charge in [-0.05, 0) is 43.7 Å². The summed E-state index contributed by atoms with van der Waals surface area (Å²) in [7, 11) is 1.64. The van der Waals surface area contributed by atoms with E-state index in [4.69, 9.17) is 9.15 Å². The highest BCUT2D eigenvalue weighted by Gasteiger charge is 2.26. The predicted octanol–water partition coefficient (Wildman–Crippen LogP) is 2.87. The largest absolute Gasteiger partial charge is 0.497 e. The molecule has 0 radical (unpaired) electrons. The number of guanidine groups is 1. The Labute approximate surface area is 165 Å². The summed E-state index contributed by atoms with van der Waals surface area (Å²) in [5, 5.41) is 16.8. The van der Waals surface area contributed by atoms with Gasteiger partial charge < -0.3 is 24.9 Å². The fourth-order valence-electron chi connectivity index (χ4n) is 2.21. The molecule has 138 valence electrons. The summed E-state index contributed by atoms with van der Waals surface area (Å²) >= 11 is 0. The predicted molar refractivity (Wildman–Crippen MR) is 110 cm³/mol. The Kier molecular flexibility index (Phi) is 8.77. The van der Waals surface area contributed by atoms with Gasteiger partial charge in [0.15, 0.2) is 5.96 Å². The zero-order valence-corrected chi connectivity index (χ0v) is 17.1. The van der Waals surface area contributed by atoms with Gasteiger partial charge >= 0.3 is 0 Å². The molecular weight excluding hydrogens is 433 g/mol. The molecule has 0 saturated carbocycles. The van der Waals surface area contributed by atoms with Crippen molar-refractivity contribution >= 4 is 29.9 Å². The van der Waals surface area contributed by atoms with Gasteiger partial charge in [-0.25, -0.2) is 4.99 Å². The molecule has 1 aromatic heterocycles. The van der Waals surface area contributed by atoms with Crippen molar-refractivity contribution in [1.29, 1.82) is 0 Å². The van der Waals surface area contributed by atoms with Crippen LogP contribution in [0.2, 0.25) is 0 Å². The van der Waals surface area contributed by atoms with Crippen molar-refractivity contribution in [3.63, 3.8) is 0 Å². The first kappa shape index (κ1) is 21.3. The molecule has 2 aromatic rings. The first-order valence-corrected chi connectivity index (χ1v) is 7.96. The molecule has 25 heavy (non-hydrogen) atoms. The lowest BCUT2D eigenvalue weighted by Crippen LogP contribution is -2.44. The number of rotatable bonds is 7. The number of methoxy groups -OCH3 is 1. The van der Waals surface area contributed by atoms with Crippen LogP contribution < -0.4 is 15.4 Å². The summed E-state index contributed by atoms with van der Waals surface area (Å²) in [5.74, 6) is 1.95. The van der Waals surface area contributed by atoms with E-state index in [1.165, 1.54) is 0 Å². The smallest absolute Gasteiger partial charge is 0.191 e. The van der Waals surface area contributed by atoms with Gasteiger partial charge in [-0.15, -0.1) is 24.0 Å². The Morgan fingerprint density at radius 2 is 2.08 bits per heavy atom. The van der Waals surface area contributed by atoms with Crippen molar-refractivity contribution in [1.82, 2.24) is 10.6 Å². The van der Waals surface area contributed by atoms with Gasteiger partial charge in [0.05, 0.1) is 26.5 Å². The number of nitrogens with one attached hydrogen (secondary N) is 2. The maximum Gasteiger partial charge on any atom is 0.191 e. The fourth-order valence-corrected chi connectivity index (χ4v) is 2.21. The number of furan rings is 1. The van der Waals surface area contributed by atoms with E-state index < -0.39 is 5.60 Å². The van der Waals surface area contributed by atoms with Crippen molar-refractivity contribution in [3.8, 4) is 5.75 Å². The molecule has 0 fully saturated rings. The SMILES string of the molecule is CCNC(=NCc1cccc(OC)c1)NCC(C)(O)c1ccco1.I. The highest BCUT2D eigenvalue weighted by Crippen LogP contribution is 2.19. The van der Waals surface area contributed by atoms with Crippen molar-refractivity contribution in [2.24, 2.45) is 4.99 Å². The third-order valence-electron chi connectivity index (χ3n) is 3.55. The van der Waals surface area contributed by atoms with Crippen LogP contribution in [0.25, 0.3) is 0 Å². The maximum absolute atomic E-state index is 10.5. The summed E-state index contributed by atoms with van der Waals surface area (Å²) < 4.78 is 10.5. The third kappa shape index (κ3) is 6.58. The van der Waals surface area contributed by atoms with Gasteiger partial charge in [0.2, 0.25) is 0 Å². The normalized spacial score (nSPS) is 13.5. The summed E-state index contributed by atoms with van der Waals surface area (Å²) in [6.45, 7) is 5.21. The molecule has 0 saturated heterocycles. The first-order valence-electron chi connectivity index (χ1n) is 7.96. The van der Waals surface area contributed by atoms with E-state index in [-0.39, 0.29) is 30.5 Å². The van der Waals surface area contributed by atoms with E-state index in [0.29, 0.717) is 18.3 Å². The summed E-state index contributed by atoms with van der Waals surface area (Å²) in [5.41, 5.74) is -0.0697. The number of hydrogen-bond acceptors (Lipinski definition) is 4. The number of aliphatic hydroxyl groups is 1. The molecule has 0 aliphatic heterocycles. The zero-order valence-electron chi connectivity index (χ0n) is 14.8. The van der Waals surface area contributed by atoms with Crippen LogP contribution in [-0.4, -0.2) is 31.3 Å². The van der Waals surface area contributed by atoms with Gasteiger partial charge in [0.25, 0.3) is 0 Å². The minimum absolute atomic E-state index is 0. The fraction of sp³-hybridized carbons (Fsp3) is 0.389. The second kappa shape index (κ2) is 10.3. The summed E-state index contributed by atoms with van der Waals surface area (Å²) in [4.78, 5) is 4.54. The molecule has 0 aliphatic rings. The van der Waals surface area contributed by atoms with Crippen LogP contribution in [0, 0.1) is 0 Å². The molecule has 0 spiro atoms. The maximum atomic E-state index is 10.5. The lowest BCUT2D eigenvalue weighted by molar-refractivity contribution is 0.0386. The van der Waals surface area contributed by atoms with Gasteiger partial charge in [-0.3, -0.25) is 0 Å². The molecule has 1 unspecified atom stereocenters. The lowest BCUT2D eigenvalue weighted by atomic mass is 10.0. The second-order valence-corrected chi connectivity index (χ2v) is 5.65. The van der Waals surface area contributed by atoms with Crippen LogP contribution in [0.1, 0.15) is 25.2 Å². The minimum atomic E-state index is -1.12. The van der Waals surface area contributed by atoms with Crippen LogP contribution in [-0.2, 0) is 12.1 Å². The number of halogens is 1. The molecule has 1 heterocycles. The van der Waals surface area contributed by atoms with Gasteiger partial charge in [-0.1, -0.05) is 12.1 Å². The monoisotopic (exact) mass is 459 g/mol. The number of benzene rings is 1. The Morgan fingerprint density at radius 1 is 1.28 bits per heavy atom. The first-order chi connectivity index (χ1) is 11.5. The molecule has 0 aliphatic carbocycles. The number of aliphatic imine (C=N–C) groups is 1. The van der Waals surface area contributed by atoms with Crippen LogP contribution in [0.3, 0.4) is 0 Å². The molecule has 1 aromatic carbocycles. The quantitative estimate of drug-likeness (QED) is 0.337. The Morgan fingerprint density at radius 3 is 2.72 bits per heavy atom. The molecule has 2 rings (SSSR count). The number of hydrogen-bond donors (Lipinski definition) is 3. The van der Waals surface area contributed by atoms with Crippen molar-refractivity contribution in [3.05, 3.63) is 54.0 Å². The van der Waals surface area contributed by atoms with E-state index in [1.807, 2.05) is 31.2 Å². The number of ether oxygens (including phenoxy) is 1. The van der Waals surface area contributed by atoms with Crippen LogP contribution in [0.5, 0.6) is 5.75 Å². The highest BCUT2D eigenvalue weighted by atomic mass is 127. The lowest BCUT2D eigenvalue weighted by Gasteiger charge is -2.22. The standard InChI is InChI=1S/C18H25N3O3.HI/c1-4-19-17(20-12-14-7-5-8-15(11-14)23-3)21-13-18(2,22)16-9-6-10-24-16;/h5-11,22H,4,12-13H2,1-3H3,(H2,19,20,21);1H. The van der Waals surface area contributed by atoms with Gasteiger partial charge in [-0.2, -0.15) is 0 Å². The topological polar surface area (TPSA) is 79.0 Å². The van der Waals surface area contributed by atoms with E-state index in [1.54, 1.807) is 32.4 Å². The van der Waals surface area contributed by atoms with Crippen molar-refractivity contribution in [2.45, 2.75) is 26.0 Å². The molecule has 0 bridgehead atoms. The zero-order chi connectivity index (χ0) is 17.4. The Bertz CT molecular complexity index is 657. The van der Waals surface area contributed by atoms with Gasteiger partial charge in [0, 0.05) is 6.54 Å². The number of nitrogens with zero attached hydrogens (tertiary/aromatic N) is 1. The van der Waals surface area contributed by atoms with E-state index in [0.717, 1.165) is 17.9 Å². The molecule has 3 N–H and O–H groups in total. The minimum Gasteiger partial charge on any atom is -0.497 e. The van der Waals surface area contributed by atoms with E-state index in [9.17, 15) is 5.11 Å². The van der Waals surface area contributed by atoms with E-state index in [2.05, 4.69) is 15.6 Å². The molecule has 0 amide bonds. The second-order valence-electron chi connectivity index (χ2n) is 5.65. The summed E-state index contributed by atoms with van der Waals surface area (Å²) in [6, 6.07) is 11.3. The summed E-state index contributed by atoms with van der Waals surface area (Å²) in [6.07, 6.45) is 1.55. The average Bonchev–Trinajstić information content (AvgIpc) is 3.13. The van der Waals surface area contributed by atoms with Gasteiger partial charge in [0.1, 0.15) is 17.1 Å². The highest BCUT2D eigenvalue weighted by molar-refractivity contribution is 14.0. The Balaban J connectivity index is 0.00000312. The molecule has 7 heteroatoms.